The number of benzene rings is 2. The summed E-state index contributed by atoms with van der Waals surface area (Å²) in [5.74, 6) is 1.65. The molecule has 0 aliphatic rings. The van der Waals surface area contributed by atoms with Gasteiger partial charge in [0, 0.05) is 11.1 Å². The smallest absolute Gasteiger partial charge is 0.335 e. The summed E-state index contributed by atoms with van der Waals surface area (Å²) in [6.45, 7) is 8.44. The number of carboxylic acid groups (broad SMARTS) is 1. The predicted molar refractivity (Wildman–Crippen MR) is 110 cm³/mol. The molecule has 6 heteroatoms. The van der Waals surface area contributed by atoms with Crippen molar-refractivity contribution in [1.82, 2.24) is 0 Å². The standard InChI is InChI=1S/C20H22Br2O4/c1-10(2)14-8-13(9-15(11(3)4)18(14)25-5)26-19-16(21)6-12(20(23)24)7-17(19)22/h6-11H,1-5H3,(H,23,24). The molecule has 0 fully saturated rings. The van der Waals surface area contributed by atoms with Crippen molar-refractivity contribution in [2.75, 3.05) is 7.11 Å². The van der Waals surface area contributed by atoms with E-state index in [4.69, 9.17) is 9.47 Å². The van der Waals surface area contributed by atoms with Gasteiger partial charge in [-0.05, 0) is 68.0 Å². The minimum Gasteiger partial charge on any atom is -0.496 e. The van der Waals surface area contributed by atoms with Gasteiger partial charge in [-0.25, -0.2) is 4.79 Å². The molecule has 0 atom stereocenters. The van der Waals surface area contributed by atoms with Crippen LogP contribution in [0.4, 0.5) is 0 Å². The molecule has 0 aliphatic heterocycles. The van der Waals surface area contributed by atoms with E-state index < -0.39 is 5.97 Å². The molecule has 0 aliphatic carbocycles. The van der Waals surface area contributed by atoms with Crippen LogP contribution in [0.1, 0.15) is 61.0 Å². The lowest BCUT2D eigenvalue weighted by Gasteiger charge is -2.21. The Morgan fingerprint density at radius 1 is 0.923 bits per heavy atom. The molecule has 0 amide bonds. The third-order valence-electron chi connectivity index (χ3n) is 4.03. The van der Waals surface area contributed by atoms with Gasteiger partial charge in [-0.1, -0.05) is 27.7 Å². The molecule has 2 rings (SSSR count). The van der Waals surface area contributed by atoms with E-state index in [2.05, 4.69) is 59.6 Å². The number of halogens is 2. The molecule has 0 saturated heterocycles. The molecule has 0 heterocycles. The van der Waals surface area contributed by atoms with Crippen LogP contribution in [0.2, 0.25) is 0 Å². The van der Waals surface area contributed by atoms with Crippen LogP contribution in [0.15, 0.2) is 33.2 Å². The lowest BCUT2D eigenvalue weighted by molar-refractivity contribution is 0.0696. The van der Waals surface area contributed by atoms with E-state index >= 15 is 0 Å². The summed E-state index contributed by atoms with van der Waals surface area (Å²) in [4.78, 5) is 11.2. The van der Waals surface area contributed by atoms with Gasteiger partial charge in [0.25, 0.3) is 0 Å². The highest BCUT2D eigenvalue weighted by atomic mass is 79.9. The molecular weight excluding hydrogens is 464 g/mol. The lowest BCUT2D eigenvalue weighted by atomic mass is 9.93. The Kier molecular flexibility index (Phi) is 6.74. The Morgan fingerprint density at radius 3 is 1.73 bits per heavy atom. The fourth-order valence-corrected chi connectivity index (χ4v) is 4.05. The maximum atomic E-state index is 11.2. The molecule has 0 radical (unpaired) electrons. The number of hydrogen-bond acceptors (Lipinski definition) is 3. The largest absolute Gasteiger partial charge is 0.496 e. The van der Waals surface area contributed by atoms with Crippen LogP contribution < -0.4 is 9.47 Å². The molecule has 0 aromatic heterocycles. The van der Waals surface area contributed by atoms with Crippen molar-refractivity contribution >= 4 is 37.8 Å². The summed E-state index contributed by atoms with van der Waals surface area (Å²) in [7, 11) is 1.69. The number of rotatable bonds is 6. The molecule has 0 bridgehead atoms. The fraction of sp³-hybridized carbons (Fsp3) is 0.350. The third kappa shape index (κ3) is 4.41. The van der Waals surface area contributed by atoms with E-state index in [-0.39, 0.29) is 17.4 Å². The molecule has 0 spiro atoms. The Bertz CT molecular complexity index is 777. The van der Waals surface area contributed by atoms with Crippen LogP contribution in [-0.2, 0) is 0 Å². The number of aromatic carboxylic acids is 1. The summed E-state index contributed by atoms with van der Waals surface area (Å²) >= 11 is 6.81. The highest BCUT2D eigenvalue weighted by Gasteiger charge is 2.19. The van der Waals surface area contributed by atoms with Gasteiger partial charge in [0.2, 0.25) is 0 Å². The second-order valence-corrected chi connectivity index (χ2v) is 8.33. The lowest BCUT2D eigenvalue weighted by Crippen LogP contribution is -2.02. The number of carbonyl (C=O) groups is 1. The highest BCUT2D eigenvalue weighted by Crippen LogP contribution is 2.42. The van der Waals surface area contributed by atoms with Gasteiger partial charge >= 0.3 is 5.97 Å². The van der Waals surface area contributed by atoms with E-state index in [0.717, 1.165) is 16.9 Å². The summed E-state index contributed by atoms with van der Waals surface area (Å²) < 4.78 is 12.9. The second kappa shape index (κ2) is 8.44. The maximum absolute atomic E-state index is 11.2. The Morgan fingerprint density at radius 2 is 1.38 bits per heavy atom. The van der Waals surface area contributed by atoms with Gasteiger partial charge in [-0.2, -0.15) is 0 Å². The van der Waals surface area contributed by atoms with Crippen LogP contribution in [0.25, 0.3) is 0 Å². The van der Waals surface area contributed by atoms with Crippen LogP contribution in [0.5, 0.6) is 17.2 Å². The quantitative estimate of drug-likeness (QED) is 0.480. The number of ether oxygens (including phenoxy) is 2. The van der Waals surface area contributed by atoms with Crippen molar-refractivity contribution in [2.24, 2.45) is 0 Å². The Labute approximate surface area is 170 Å². The van der Waals surface area contributed by atoms with Crippen molar-refractivity contribution in [3.05, 3.63) is 49.9 Å². The number of hydrogen-bond donors (Lipinski definition) is 1. The molecule has 2 aromatic rings. The molecule has 1 N–H and O–H groups in total. The van der Waals surface area contributed by atoms with Gasteiger partial charge in [-0.3, -0.25) is 0 Å². The average Bonchev–Trinajstić information content (AvgIpc) is 2.56. The number of carboxylic acids is 1. The summed E-state index contributed by atoms with van der Waals surface area (Å²) in [5.41, 5.74) is 2.32. The van der Waals surface area contributed by atoms with Crippen LogP contribution in [0.3, 0.4) is 0 Å². The zero-order valence-electron chi connectivity index (χ0n) is 15.4. The van der Waals surface area contributed by atoms with Crippen molar-refractivity contribution in [3.63, 3.8) is 0 Å². The topological polar surface area (TPSA) is 55.8 Å². The third-order valence-corrected chi connectivity index (χ3v) is 5.21. The molecule has 0 unspecified atom stereocenters. The zero-order valence-corrected chi connectivity index (χ0v) is 18.6. The van der Waals surface area contributed by atoms with E-state index in [1.807, 2.05) is 12.1 Å². The van der Waals surface area contributed by atoms with Gasteiger partial charge < -0.3 is 14.6 Å². The van der Waals surface area contributed by atoms with Gasteiger partial charge in [-0.15, -0.1) is 0 Å². The first-order valence-electron chi connectivity index (χ1n) is 8.27. The Hall–Kier alpha value is -1.53. The second-order valence-electron chi connectivity index (χ2n) is 6.62. The van der Waals surface area contributed by atoms with Gasteiger partial charge in [0.15, 0.2) is 5.75 Å². The van der Waals surface area contributed by atoms with E-state index in [9.17, 15) is 9.90 Å². The molecule has 4 nitrogen and oxygen atoms in total. The van der Waals surface area contributed by atoms with E-state index in [1.165, 1.54) is 12.1 Å². The van der Waals surface area contributed by atoms with Crippen LogP contribution in [-0.4, -0.2) is 18.2 Å². The Balaban J connectivity index is 2.55. The summed E-state index contributed by atoms with van der Waals surface area (Å²) in [6.07, 6.45) is 0. The first-order chi connectivity index (χ1) is 12.1. The van der Waals surface area contributed by atoms with E-state index in [1.54, 1.807) is 7.11 Å². The first kappa shape index (κ1) is 20.8. The van der Waals surface area contributed by atoms with Gasteiger partial charge in [0.05, 0.1) is 21.6 Å². The summed E-state index contributed by atoms with van der Waals surface area (Å²) in [6, 6.07) is 7.00. The first-order valence-corrected chi connectivity index (χ1v) is 9.86. The molecule has 26 heavy (non-hydrogen) atoms. The highest BCUT2D eigenvalue weighted by molar-refractivity contribution is 9.11. The van der Waals surface area contributed by atoms with Gasteiger partial charge in [0.1, 0.15) is 11.5 Å². The maximum Gasteiger partial charge on any atom is 0.335 e. The fourth-order valence-electron chi connectivity index (χ4n) is 2.70. The molecule has 0 saturated carbocycles. The number of methoxy groups -OCH3 is 1. The molecule has 140 valence electrons. The average molecular weight is 486 g/mol. The van der Waals surface area contributed by atoms with Crippen LogP contribution >= 0.6 is 31.9 Å². The minimum atomic E-state index is -0.994. The SMILES string of the molecule is COc1c(C(C)C)cc(Oc2c(Br)cc(C(=O)O)cc2Br)cc1C(C)C. The van der Waals surface area contributed by atoms with Crippen molar-refractivity contribution in [1.29, 1.82) is 0 Å². The molecule has 2 aromatic carbocycles. The van der Waals surface area contributed by atoms with Crippen LogP contribution in [0, 0.1) is 0 Å². The summed E-state index contributed by atoms with van der Waals surface area (Å²) in [5, 5.41) is 9.17. The normalized spacial score (nSPS) is 11.1. The van der Waals surface area contributed by atoms with Crippen molar-refractivity contribution < 1.29 is 19.4 Å². The zero-order chi connectivity index (χ0) is 19.6. The van der Waals surface area contributed by atoms with E-state index in [0.29, 0.717) is 20.4 Å². The minimum absolute atomic E-state index is 0.177. The monoisotopic (exact) mass is 484 g/mol. The predicted octanol–water partition coefficient (Wildman–Crippen LogP) is 6.96. The van der Waals surface area contributed by atoms with Crippen molar-refractivity contribution in [3.8, 4) is 17.2 Å². The molecular formula is C20H22Br2O4. The van der Waals surface area contributed by atoms with Crippen molar-refractivity contribution in [2.45, 2.75) is 39.5 Å².